The van der Waals surface area contributed by atoms with Gasteiger partial charge in [-0.25, -0.2) is 8.96 Å². The fourth-order valence-corrected chi connectivity index (χ4v) is 4.58. The first-order valence-corrected chi connectivity index (χ1v) is 8.85. The Kier molecular flexibility index (Phi) is 3.64. The van der Waals surface area contributed by atoms with Gasteiger partial charge in [-0.3, -0.25) is 0 Å². The molecule has 0 aliphatic carbocycles. The second kappa shape index (κ2) is 5.20. The van der Waals surface area contributed by atoms with E-state index < -0.39 is 10.2 Å². The predicted octanol–water partition coefficient (Wildman–Crippen LogP) is 1.57. The first kappa shape index (κ1) is 14.7. The van der Waals surface area contributed by atoms with E-state index in [1.807, 2.05) is 5.38 Å². The van der Waals surface area contributed by atoms with Gasteiger partial charge in [0, 0.05) is 19.0 Å². The van der Waals surface area contributed by atoms with Crippen LogP contribution >= 0.6 is 11.3 Å². The van der Waals surface area contributed by atoms with E-state index in [0.717, 1.165) is 11.3 Å². The van der Waals surface area contributed by atoms with Crippen molar-refractivity contribution in [2.75, 3.05) is 20.7 Å². The van der Waals surface area contributed by atoms with E-state index in [-0.39, 0.29) is 6.10 Å². The maximum atomic E-state index is 12.5. The summed E-state index contributed by atoms with van der Waals surface area (Å²) in [7, 11) is -0.596. The van der Waals surface area contributed by atoms with E-state index in [1.54, 1.807) is 24.5 Å². The van der Waals surface area contributed by atoms with Gasteiger partial charge in [-0.2, -0.15) is 12.7 Å². The second-order valence-electron chi connectivity index (χ2n) is 5.10. The molecule has 1 atom stereocenters. The number of aryl methyl sites for hydroxylation is 1. The summed E-state index contributed by atoms with van der Waals surface area (Å²) in [5, 5.41) is 2.01. The van der Waals surface area contributed by atoms with Gasteiger partial charge in [-0.1, -0.05) is 0 Å². The highest BCUT2D eigenvalue weighted by Crippen LogP contribution is 2.37. The molecule has 2 aromatic rings. The van der Waals surface area contributed by atoms with Crippen LogP contribution in [0.1, 0.15) is 28.1 Å². The molecule has 6 nitrogen and oxygen atoms in total. The van der Waals surface area contributed by atoms with Crippen LogP contribution in [0, 0.1) is 6.92 Å². The molecular weight excluding hydrogens is 310 g/mol. The molecule has 3 rings (SSSR count). The lowest BCUT2D eigenvalue weighted by atomic mass is 10.1. The summed E-state index contributed by atoms with van der Waals surface area (Å²) in [5.74, 6) is 0.436. The van der Waals surface area contributed by atoms with Gasteiger partial charge in [0.1, 0.15) is 11.9 Å². The number of fused-ring (bicyclic) bond motifs is 1. The molecule has 2 aromatic heterocycles. The summed E-state index contributed by atoms with van der Waals surface area (Å²) in [6.07, 6.45) is 2.09. The Morgan fingerprint density at radius 3 is 2.95 bits per heavy atom. The quantitative estimate of drug-likeness (QED) is 0.858. The van der Waals surface area contributed by atoms with Gasteiger partial charge >= 0.3 is 10.2 Å². The van der Waals surface area contributed by atoms with Crippen LogP contribution in [0.25, 0.3) is 0 Å². The van der Waals surface area contributed by atoms with Gasteiger partial charge in [0.2, 0.25) is 0 Å². The smallest absolute Gasteiger partial charge is 0.308 e. The van der Waals surface area contributed by atoms with Crippen LogP contribution in [-0.2, 0) is 21.4 Å². The molecule has 0 amide bonds. The molecule has 0 radical (unpaired) electrons. The second-order valence-corrected chi connectivity index (χ2v) is 8.03. The van der Waals surface area contributed by atoms with Crippen LogP contribution in [0.3, 0.4) is 0 Å². The molecule has 0 aromatic carbocycles. The van der Waals surface area contributed by atoms with Crippen molar-refractivity contribution in [1.29, 1.82) is 0 Å². The molecule has 3 heterocycles. The van der Waals surface area contributed by atoms with Gasteiger partial charge in [-0.05, 0) is 30.4 Å². The Hall–Kier alpha value is -1.22. The van der Waals surface area contributed by atoms with E-state index in [1.165, 1.54) is 27.9 Å². The van der Waals surface area contributed by atoms with Crippen LogP contribution < -0.4 is 0 Å². The van der Waals surface area contributed by atoms with Crippen molar-refractivity contribution < 1.29 is 13.2 Å². The van der Waals surface area contributed by atoms with Gasteiger partial charge in [0.25, 0.3) is 0 Å². The molecule has 1 aliphatic heterocycles. The zero-order valence-corrected chi connectivity index (χ0v) is 13.7. The number of imidazole rings is 1. The Morgan fingerprint density at radius 1 is 1.48 bits per heavy atom. The van der Waals surface area contributed by atoms with Gasteiger partial charge in [-0.15, -0.1) is 11.3 Å². The zero-order chi connectivity index (χ0) is 15.2. The molecule has 114 valence electrons. The lowest BCUT2D eigenvalue weighted by Crippen LogP contribution is -2.32. The van der Waals surface area contributed by atoms with Crippen LogP contribution in [0.5, 0.6) is 0 Å². The predicted molar refractivity (Wildman–Crippen MR) is 80.8 cm³/mol. The standard InChI is InChI=1S/C13H17N3O3S2/c1-9-14-8-11(16(9)21(17,18)15(2)3)12-13-10(4-6-19-12)5-7-20-13/h5,7-8,12H,4,6H2,1-3H3. The molecule has 1 unspecified atom stereocenters. The van der Waals surface area contributed by atoms with E-state index in [4.69, 9.17) is 4.74 Å². The van der Waals surface area contributed by atoms with Crippen LogP contribution in [0.4, 0.5) is 0 Å². The van der Waals surface area contributed by atoms with Crippen LogP contribution in [0.15, 0.2) is 17.6 Å². The van der Waals surface area contributed by atoms with E-state index >= 15 is 0 Å². The first-order valence-electron chi connectivity index (χ1n) is 6.58. The monoisotopic (exact) mass is 327 g/mol. The maximum Gasteiger partial charge on any atom is 0.308 e. The molecule has 0 fully saturated rings. The van der Waals surface area contributed by atoms with E-state index in [0.29, 0.717) is 18.1 Å². The number of thiophene rings is 1. The van der Waals surface area contributed by atoms with Gasteiger partial charge in [0.15, 0.2) is 0 Å². The molecule has 0 N–H and O–H groups in total. The molecule has 0 saturated carbocycles. The highest BCUT2D eigenvalue weighted by Gasteiger charge is 2.32. The fourth-order valence-electron chi connectivity index (χ4n) is 2.46. The third-order valence-corrected chi connectivity index (χ3v) is 6.41. The van der Waals surface area contributed by atoms with Gasteiger partial charge < -0.3 is 4.74 Å². The summed E-state index contributed by atoms with van der Waals surface area (Å²) in [4.78, 5) is 5.25. The Morgan fingerprint density at radius 2 is 2.24 bits per heavy atom. The molecule has 1 aliphatic rings. The number of rotatable bonds is 3. The number of hydrogen-bond acceptors (Lipinski definition) is 5. The highest BCUT2D eigenvalue weighted by atomic mass is 32.2. The average Bonchev–Trinajstić information content (AvgIpc) is 3.04. The maximum absolute atomic E-state index is 12.5. The normalized spacial score (nSPS) is 19.0. The molecule has 0 spiro atoms. The lowest BCUT2D eigenvalue weighted by molar-refractivity contribution is 0.0694. The third kappa shape index (κ3) is 2.32. The fraction of sp³-hybridized carbons (Fsp3) is 0.462. The molecular formula is C13H17N3O3S2. The van der Waals surface area contributed by atoms with Crippen molar-refractivity contribution >= 4 is 21.5 Å². The summed E-state index contributed by atoms with van der Waals surface area (Å²) in [5.41, 5.74) is 1.79. The molecule has 21 heavy (non-hydrogen) atoms. The minimum atomic E-state index is -3.62. The van der Waals surface area contributed by atoms with Crippen molar-refractivity contribution in [2.24, 2.45) is 0 Å². The topological polar surface area (TPSA) is 64.4 Å². The van der Waals surface area contributed by atoms with Crippen molar-refractivity contribution in [1.82, 2.24) is 13.3 Å². The highest BCUT2D eigenvalue weighted by molar-refractivity contribution is 7.87. The third-order valence-electron chi connectivity index (χ3n) is 3.55. The minimum Gasteiger partial charge on any atom is -0.366 e. The van der Waals surface area contributed by atoms with Crippen molar-refractivity contribution in [3.05, 3.63) is 39.6 Å². The summed E-state index contributed by atoms with van der Waals surface area (Å²) >= 11 is 1.59. The molecule has 0 saturated heterocycles. The summed E-state index contributed by atoms with van der Waals surface area (Å²) in [6.45, 7) is 2.27. The van der Waals surface area contributed by atoms with Gasteiger partial charge in [0.05, 0.1) is 18.5 Å². The number of hydrogen-bond donors (Lipinski definition) is 0. The first-order chi connectivity index (χ1) is 9.93. The summed E-state index contributed by atoms with van der Waals surface area (Å²) in [6, 6.07) is 2.07. The largest absolute Gasteiger partial charge is 0.366 e. The molecule has 8 heteroatoms. The van der Waals surface area contributed by atoms with Crippen molar-refractivity contribution in [3.63, 3.8) is 0 Å². The Balaban J connectivity index is 2.15. The Bertz CT molecular complexity index is 761. The lowest BCUT2D eigenvalue weighted by Gasteiger charge is -2.25. The Labute approximate surface area is 128 Å². The number of ether oxygens (including phenoxy) is 1. The van der Waals surface area contributed by atoms with Crippen molar-refractivity contribution in [2.45, 2.75) is 19.4 Å². The number of aromatic nitrogens is 2. The minimum absolute atomic E-state index is 0.371. The average molecular weight is 327 g/mol. The van der Waals surface area contributed by atoms with E-state index in [9.17, 15) is 8.42 Å². The number of nitrogens with zero attached hydrogens (tertiary/aromatic N) is 3. The zero-order valence-electron chi connectivity index (χ0n) is 12.1. The summed E-state index contributed by atoms with van der Waals surface area (Å²) < 4.78 is 33.3. The van der Waals surface area contributed by atoms with E-state index in [2.05, 4.69) is 11.1 Å². The van der Waals surface area contributed by atoms with Crippen molar-refractivity contribution in [3.8, 4) is 0 Å². The SMILES string of the molecule is Cc1ncc(C2OCCc3ccsc32)n1S(=O)(=O)N(C)C. The van der Waals surface area contributed by atoms with Crippen LogP contribution in [0.2, 0.25) is 0 Å². The van der Waals surface area contributed by atoms with Crippen LogP contribution in [-0.4, -0.2) is 42.4 Å². The molecule has 0 bridgehead atoms.